The van der Waals surface area contributed by atoms with Crippen LogP contribution in [0.5, 0.6) is 0 Å². The minimum Gasteiger partial charge on any atom is -0.396 e. The molecule has 10 heteroatoms. The summed E-state index contributed by atoms with van der Waals surface area (Å²) in [7, 11) is 0. The van der Waals surface area contributed by atoms with Crippen molar-refractivity contribution in [2.24, 2.45) is 23.7 Å². The Balaban J connectivity index is 1.30. The normalized spacial score (nSPS) is 47.7. The van der Waals surface area contributed by atoms with E-state index < -0.39 is 36.2 Å². The highest BCUT2D eigenvalue weighted by molar-refractivity contribution is 7.99. The zero-order valence-electron chi connectivity index (χ0n) is 21.3. The average molecular weight is 527 g/mol. The summed E-state index contributed by atoms with van der Waals surface area (Å²) < 4.78 is 18.0. The van der Waals surface area contributed by atoms with Gasteiger partial charge >= 0.3 is 0 Å². The van der Waals surface area contributed by atoms with E-state index >= 15 is 0 Å². The Hall–Kier alpha value is -0.720. The second kappa shape index (κ2) is 11.2. The van der Waals surface area contributed by atoms with E-state index in [0.29, 0.717) is 43.0 Å². The summed E-state index contributed by atoms with van der Waals surface area (Å²) in [6, 6.07) is -0.974. The van der Waals surface area contributed by atoms with Crippen LogP contribution >= 0.6 is 11.8 Å². The summed E-state index contributed by atoms with van der Waals surface area (Å²) >= 11 is 1.54. The lowest BCUT2D eigenvalue weighted by Crippen LogP contribution is -2.61. The standard InChI is InChI=1S/C26H42N2O7S/c1-14(2)8-15-6-7-33-21-17(9-15)11-27-20(21)24(31)28-18-5-3-4-16(12-29)13-36-19-10-26(25(32)35-26)23(30)22(18)34-19/h3-4,14-23,25,27,29-30,32H,5-13H2,1-2H3,(H,28,31)/b4-3-/t15-,16?,17-,18+,19?,20-,21+,22+,23?,25+,26?/m0/s1. The Kier molecular flexibility index (Phi) is 8.34. The van der Waals surface area contributed by atoms with E-state index in [9.17, 15) is 20.1 Å². The number of hydrogen-bond donors (Lipinski definition) is 5. The van der Waals surface area contributed by atoms with Crippen molar-refractivity contribution in [2.45, 2.75) is 93.7 Å². The molecule has 5 heterocycles. The highest BCUT2D eigenvalue weighted by Gasteiger charge is 2.67. The highest BCUT2D eigenvalue weighted by atomic mass is 32.2. The largest absolute Gasteiger partial charge is 0.396 e. The van der Waals surface area contributed by atoms with Gasteiger partial charge in [0.05, 0.1) is 18.8 Å². The summed E-state index contributed by atoms with van der Waals surface area (Å²) in [6.45, 7) is 5.95. The molecule has 5 aliphatic rings. The van der Waals surface area contributed by atoms with Crippen molar-refractivity contribution in [3.63, 3.8) is 0 Å². The van der Waals surface area contributed by atoms with E-state index in [1.165, 1.54) is 6.42 Å². The molecule has 5 rings (SSSR count). The maximum absolute atomic E-state index is 13.6. The second-order valence-corrected chi connectivity index (χ2v) is 12.9. The number of carbonyl (C=O) groups excluding carboxylic acids is 1. The molecule has 204 valence electrons. The molecule has 0 aromatic carbocycles. The van der Waals surface area contributed by atoms with Gasteiger partial charge in [0.1, 0.15) is 23.7 Å². The number of fused-ring (bicyclic) bond motifs is 3. The van der Waals surface area contributed by atoms with Gasteiger partial charge in [-0.15, -0.1) is 11.8 Å². The fourth-order valence-corrected chi connectivity index (χ4v) is 7.81. The van der Waals surface area contributed by atoms with Crippen molar-refractivity contribution in [1.29, 1.82) is 0 Å². The van der Waals surface area contributed by atoms with Crippen LogP contribution in [0.1, 0.15) is 46.0 Å². The minimum absolute atomic E-state index is 0.0216. The summed E-state index contributed by atoms with van der Waals surface area (Å²) in [4.78, 5) is 13.6. The molecule has 0 aromatic heterocycles. The molecule has 4 saturated heterocycles. The van der Waals surface area contributed by atoms with Crippen molar-refractivity contribution in [1.82, 2.24) is 10.6 Å². The number of epoxide rings is 1. The molecule has 1 spiro atoms. The minimum atomic E-state index is -1.06. The first-order chi connectivity index (χ1) is 17.3. The molecule has 1 amide bonds. The Morgan fingerprint density at radius 2 is 2.11 bits per heavy atom. The van der Waals surface area contributed by atoms with Gasteiger partial charge in [-0.25, -0.2) is 0 Å². The Morgan fingerprint density at radius 1 is 1.31 bits per heavy atom. The maximum atomic E-state index is 13.6. The number of amides is 1. The summed E-state index contributed by atoms with van der Waals surface area (Å²) in [6.07, 6.45) is 4.99. The number of aliphatic hydroxyl groups excluding tert-OH is 3. The van der Waals surface area contributed by atoms with Gasteiger partial charge < -0.3 is 40.2 Å². The molecule has 4 fully saturated rings. The smallest absolute Gasteiger partial charge is 0.240 e. The zero-order valence-corrected chi connectivity index (χ0v) is 22.1. The second-order valence-electron chi connectivity index (χ2n) is 11.7. The van der Waals surface area contributed by atoms with Crippen molar-refractivity contribution in [2.75, 3.05) is 25.5 Å². The Morgan fingerprint density at radius 3 is 2.83 bits per heavy atom. The third-order valence-corrected chi connectivity index (χ3v) is 9.77. The van der Waals surface area contributed by atoms with Crippen molar-refractivity contribution in [3.05, 3.63) is 12.2 Å². The topological polar surface area (TPSA) is 133 Å². The molecule has 0 radical (unpaired) electrons. The van der Waals surface area contributed by atoms with Crippen molar-refractivity contribution >= 4 is 17.7 Å². The number of rotatable bonds is 5. The number of aliphatic hydroxyl groups is 3. The first-order valence-electron chi connectivity index (χ1n) is 13.5. The third kappa shape index (κ3) is 5.52. The van der Waals surface area contributed by atoms with Crippen LogP contribution in [0.3, 0.4) is 0 Å². The average Bonchev–Trinajstić information content (AvgIpc) is 3.38. The fraction of sp³-hybridized carbons (Fsp3) is 0.885. The first-order valence-corrected chi connectivity index (χ1v) is 14.6. The molecule has 5 aliphatic heterocycles. The molecule has 11 atom stereocenters. The SMILES string of the molecule is CC(C)C[C@@H]1CCO[C@@H]2[C@H](CN[C@@H]2C(=O)N[C@@H]2C/C=C\C(CO)CSC3CC4(O[C@H]4O)C(O)[C@@H]2O3)C1. The Labute approximate surface area is 217 Å². The molecule has 4 unspecified atom stereocenters. The summed E-state index contributed by atoms with van der Waals surface area (Å²) in [5.41, 5.74) is -1.37. The molecule has 0 aromatic rings. The van der Waals surface area contributed by atoms with Crippen LogP contribution in [-0.2, 0) is 19.0 Å². The van der Waals surface area contributed by atoms with Crippen LogP contribution in [0, 0.1) is 23.7 Å². The highest BCUT2D eigenvalue weighted by Crippen LogP contribution is 2.50. The van der Waals surface area contributed by atoms with E-state index in [4.69, 9.17) is 14.2 Å². The van der Waals surface area contributed by atoms with Crippen LogP contribution in [0.25, 0.3) is 0 Å². The van der Waals surface area contributed by atoms with Crippen molar-refractivity contribution < 1.29 is 34.3 Å². The summed E-state index contributed by atoms with van der Waals surface area (Å²) in [5, 5.41) is 37.7. The van der Waals surface area contributed by atoms with Crippen LogP contribution < -0.4 is 10.6 Å². The Bertz CT molecular complexity index is 815. The van der Waals surface area contributed by atoms with Gasteiger partial charge in [0.25, 0.3) is 0 Å². The van der Waals surface area contributed by atoms with Gasteiger partial charge in [0, 0.05) is 31.2 Å². The molecule has 0 aliphatic carbocycles. The maximum Gasteiger partial charge on any atom is 0.240 e. The number of ether oxygens (including phenoxy) is 3. The van der Waals surface area contributed by atoms with Gasteiger partial charge in [-0.3, -0.25) is 4.79 Å². The molecular formula is C26H42N2O7S. The van der Waals surface area contributed by atoms with Gasteiger partial charge in [-0.1, -0.05) is 26.0 Å². The van der Waals surface area contributed by atoms with E-state index in [0.717, 1.165) is 19.4 Å². The lowest BCUT2D eigenvalue weighted by molar-refractivity contribution is -0.146. The quantitative estimate of drug-likeness (QED) is 0.260. The summed E-state index contributed by atoms with van der Waals surface area (Å²) in [5.74, 6) is 2.04. The van der Waals surface area contributed by atoms with E-state index in [1.807, 2.05) is 12.2 Å². The zero-order chi connectivity index (χ0) is 25.4. The number of thioether (sulfide) groups is 1. The van der Waals surface area contributed by atoms with E-state index in [1.54, 1.807) is 11.8 Å². The lowest BCUT2D eigenvalue weighted by atomic mass is 9.85. The third-order valence-electron chi connectivity index (χ3n) is 8.50. The molecule has 2 bridgehead atoms. The number of nitrogens with one attached hydrogen (secondary N) is 2. The van der Waals surface area contributed by atoms with Gasteiger partial charge in [-0.2, -0.15) is 0 Å². The lowest BCUT2D eigenvalue weighted by Gasteiger charge is -2.42. The van der Waals surface area contributed by atoms with E-state index in [-0.39, 0.29) is 30.0 Å². The predicted octanol–water partition coefficient (Wildman–Crippen LogP) is 0.765. The molecule has 5 N–H and O–H groups in total. The first kappa shape index (κ1) is 26.9. The molecule has 9 nitrogen and oxygen atoms in total. The van der Waals surface area contributed by atoms with Gasteiger partial charge in [-0.05, 0) is 43.4 Å². The van der Waals surface area contributed by atoms with Gasteiger partial charge in [0.15, 0.2) is 11.9 Å². The fourth-order valence-electron chi connectivity index (χ4n) is 6.55. The van der Waals surface area contributed by atoms with Crippen molar-refractivity contribution in [3.8, 4) is 0 Å². The van der Waals surface area contributed by atoms with Crippen LogP contribution in [0.4, 0.5) is 0 Å². The van der Waals surface area contributed by atoms with E-state index in [2.05, 4.69) is 24.5 Å². The molecule has 36 heavy (non-hydrogen) atoms. The van der Waals surface area contributed by atoms with Crippen LogP contribution in [0.15, 0.2) is 12.2 Å². The van der Waals surface area contributed by atoms with Crippen LogP contribution in [0.2, 0.25) is 0 Å². The number of carbonyl (C=O) groups is 1. The predicted molar refractivity (Wildman–Crippen MR) is 135 cm³/mol. The van der Waals surface area contributed by atoms with Gasteiger partial charge in [0.2, 0.25) is 5.91 Å². The number of hydrogen-bond acceptors (Lipinski definition) is 9. The monoisotopic (exact) mass is 526 g/mol. The molecular weight excluding hydrogens is 484 g/mol. The molecule has 0 saturated carbocycles. The van der Waals surface area contributed by atoms with Crippen LogP contribution in [-0.4, -0.2) is 94.5 Å².